The SMILES string of the molecule is CCN1CCN(CCc2nc(CNC3CC3)cs2)CC1. The maximum atomic E-state index is 4.74. The largest absolute Gasteiger partial charge is 0.308 e. The van der Waals surface area contributed by atoms with Crippen molar-refractivity contribution in [2.24, 2.45) is 0 Å². The standard InChI is InChI=1S/C15H26N4S/c1-2-18-7-9-19(10-8-18)6-5-15-17-14(12-20-15)11-16-13-3-4-13/h12-13,16H,2-11H2,1H3. The summed E-state index contributed by atoms with van der Waals surface area (Å²) >= 11 is 1.83. The molecule has 3 rings (SSSR count). The van der Waals surface area contributed by atoms with Gasteiger partial charge in [-0.3, -0.25) is 0 Å². The number of nitrogens with zero attached hydrogens (tertiary/aromatic N) is 3. The van der Waals surface area contributed by atoms with Crippen LogP contribution in [-0.4, -0.2) is 60.1 Å². The molecule has 20 heavy (non-hydrogen) atoms. The zero-order valence-electron chi connectivity index (χ0n) is 12.5. The molecule has 2 heterocycles. The molecule has 0 amide bonds. The maximum Gasteiger partial charge on any atom is 0.0941 e. The number of hydrogen-bond acceptors (Lipinski definition) is 5. The summed E-state index contributed by atoms with van der Waals surface area (Å²) in [5, 5.41) is 7.05. The van der Waals surface area contributed by atoms with Crippen molar-refractivity contribution in [3.8, 4) is 0 Å². The van der Waals surface area contributed by atoms with E-state index in [9.17, 15) is 0 Å². The Morgan fingerprint density at radius 1 is 1.25 bits per heavy atom. The normalized spacial score (nSPS) is 21.4. The monoisotopic (exact) mass is 294 g/mol. The summed E-state index contributed by atoms with van der Waals surface area (Å²) in [5.74, 6) is 0. The van der Waals surface area contributed by atoms with Crippen LogP contribution < -0.4 is 5.32 Å². The Kier molecular flexibility index (Phi) is 5.04. The molecule has 1 aliphatic carbocycles. The summed E-state index contributed by atoms with van der Waals surface area (Å²) in [6.45, 7) is 10.5. The van der Waals surface area contributed by atoms with E-state index in [4.69, 9.17) is 4.98 Å². The number of hydrogen-bond donors (Lipinski definition) is 1. The molecule has 0 atom stereocenters. The predicted octanol–water partition coefficient (Wildman–Crippen LogP) is 1.58. The lowest BCUT2D eigenvalue weighted by molar-refractivity contribution is 0.138. The molecule has 1 aromatic heterocycles. The van der Waals surface area contributed by atoms with Crippen molar-refractivity contribution >= 4 is 11.3 Å². The molecule has 4 nitrogen and oxygen atoms in total. The first-order valence-corrected chi connectivity index (χ1v) is 8.83. The number of aromatic nitrogens is 1. The first-order chi connectivity index (χ1) is 9.83. The summed E-state index contributed by atoms with van der Waals surface area (Å²) in [6, 6.07) is 0.773. The molecule has 0 bridgehead atoms. The zero-order chi connectivity index (χ0) is 13.8. The molecule has 2 fully saturated rings. The van der Waals surface area contributed by atoms with Crippen molar-refractivity contribution < 1.29 is 0 Å². The van der Waals surface area contributed by atoms with Crippen LogP contribution in [0.4, 0.5) is 0 Å². The molecular weight excluding hydrogens is 268 g/mol. The first kappa shape index (κ1) is 14.4. The predicted molar refractivity (Wildman–Crippen MR) is 84.2 cm³/mol. The van der Waals surface area contributed by atoms with Crippen molar-refractivity contribution in [2.45, 2.75) is 38.8 Å². The van der Waals surface area contributed by atoms with Gasteiger partial charge < -0.3 is 15.1 Å². The van der Waals surface area contributed by atoms with E-state index in [1.54, 1.807) is 0 Å². The molecule has 0 spiro atoms. The van der Waals surface area contributed by atoms with Gasteiger partial charge >= 0.3 is 0 Å². The molecule has 1 aliphatic heterocycles. The van der Waals surface area contributed by atoms with E-state index >= 15 is 0 Å². The van der Waals surface area contributed by atoms with E-state index in [1.165, 1.54) is 62.8 Å². The molecule has 0 unspecified atom stereocenters. The van der Waals surface area contributed by atoms with Crippen LogP contribution in [0.3, 0.4) is 0 Å². The quantitative estimate of drug-likeness (QED) is 0.827. The van der Waals surface area contributed by atoms with Gasteiger partial charge in [-0.05, 0) is 19.4 Å². The molecule has 1 saturated heterocycles. The highest BCUT2D eigenvalue weighted by molar-refractivity contribution is 7.09. The fourth-order valence-corrected chi connectivity index (χ4v) is 3.45. The average molecular weight is 294 g/mol. The van der Waals surface area contributed by atoms with Gasteiger partial charge in [0.2, 0.25) is 0 Å². The molecule has 1 saturated carbocycles. The second kappa shape index (κ2) is 6.98. The highest BCUT2D eigenvalue weighted by Crippen LogP contribution is 2.19. The topological polar surface area (TPSA) is 31.4 Å². The fraction of sp³-hybridized carbons (Fsp3) is 0.800. The van der Waals surface area contributed by atoms with Gasteiger partial charge in [0, 0.05) is 57.1 Å². The summed E-state index contributed by atoms with van der Waals surface area (Å²) < 4.78 is 0. The van der Waals surface area contributed by atoms with Crippen molar-refractivity contribution in [1.29, 1.82) is 0 Å². The first-order valence-electron chi connectivity index (χ1n) is 7.95. The van der Waals surface area contributed by atoms with Gasteiger partial charge in [0.15, 0.2) is 0 Å². The molecule has 0 aromatic carbocycles. The van der Waals surface area contributed by atoms with E-state index in [0.29, 0.717) is 0 Å². The number of likely N-dealkylation sites (N-methyl/N-ethyl adjacent to an activating group) is 1. The van der Waals surface area contributed by atoms with Crippen LogP contribution in [0.15, 0.2) is 5.38 Å². The minimum absolute atomic E-state index is 0.773. The van der Waals surface area contributed by atoms with Gasteiger partial charge in [0.05, 0.1) is 10.7 Å². The van der Waals surface area contributed by atoms with Gasteiger partial charge in [-0.1, -0.05) is 6.92 Å². The van der Waals surface area contributed by atoms with Crippen LogP contribution in [0.1, 0.15) is 30.5 Å². The van der Waals surface area contributed by atoms with Crippen molar-refractivity contribution in [3.05, 3.63) is 16.1 Å². The van der Waals surface area contributed by atoms with Crippen molar-refractivity contribution in [1.82, 2.24) is 20.1 Å². The maximum absolute atomic E-state index is 4.74. The lowest BCUT2D eigenvalue weighted by Crippen LogP contribution is -2.46. The van der Waals surface area contributed by atoms with Crippen LogP contribution in [-0.2, 0) is 13.0 Å². The van der Waals surface area contributed by atoms with Gasteiger partial charge in [-0.2, -0.15) is 0 Å². The number of nitrogens with one attached hydrogen (secondary N) is 1. The average Bonchev–Trinajstić information content (AvgIpc) is 3.22. The Labute approximate surface area is 126 Å². The Morgan fingerprint density at radius 3 is 2.70 bits per heavy atom. The van der Waals surface area contributed by atoms with Gasteiger partial charge in [-0.25, -0.2) is 4.98 Å². The molecule has 5 heteroatoms. The highest BCUT2D eigenvalue weighted by atomic mass is 32.1. The minimum Gasteiger partial charge on any atom is -0.308 e. The third-order valence-electron chi connectivity index (χ3n) is 4.30. The number of piperazine rings is 1. The summed E-state index contributed by atoms with van der Waals surface area (Å²) in [7, 11) is 0. The van der Waals surface area contributed by atoms with E-state index in [1.807, 2.05) is 11.3 Å². The molecule has 1 N–H and O–H groups in total. The van der Waals surface area contributed by atoms with Crippen LogP contribution in [0.25, 0.3) is 0 Å². The fourth-order valence-electron chi connectivity index (χ4n) is 2.66. The summed E-state index contributed by atoms with van der Waals surface area (Å²) in [5.41, 5.74) is 1.23. The molecule has 0 radical (unpaired) electrons. The molecule has 112 valence electrons. The van der Waals surface area contributed by atoms with Crippen molar-refractivity contribution in [2.75, 3.05) is 39.3 Å². The smallest absolute Gasteiger partial charge is 0.0941 e. The lowest BCUT2D eigenvalue weighted by atomic mass is 10.3. The molecule has 2 aliphatic rings. The second-order valence-electron chi connectivity index (χ2n) is 5.91. The Hall–Kier alpha value is -0.490. The Balaban J connectivity index is 1.37. The van der Waals surface area contributed by atoms with Crippen molar-refractivity contribution in [3.63, 3.8) is 0 Å². The van der Waals surface area contributed by atoms with Gasteiger partial charge in [-0.15, -0.1) is 11.3 Å². The zero-order valence-corrected chi connectivity index (χ0v) is 13.3. The van der Waals surface area contributed by atoms with E-state index in [2.05, 4.69) is 27.4 Å². The third-order valence-corrected chi connectivity index (χ3v) is 5.26. The van der Waals surface area contributed by atoms with Crippen LogP contribution in [0.5, 0.6) is 0 Å². The Morgan fingerprint density at radius 2 is 2.00 bits per heavy atom. The summed E-state index contributed by atoms with van der Waals surface area (Å²) in [6.07, 6.45) is 3.81. The van der Waals surface area contributed by atoms with Gasteiger partial charge in [0.1, 0.15) is 0 Å². The highest BCUT2D eigenvalue weighted by Gasteiger charge is 2.20. The third kappa shape index (κ3) is 4.25. The van der Waals surface area contributed by atoms with Crippen LogP contribution in [0.2, 0.25) is 0 Å². The molecular formula is C15H26N4S. The van der Waals surface area contributed by atoms with Crippen LogP contribution >= 0.6 is 11.3 Å². The lowest BCUT2D eigenvalue weighted by Gasteiger charge is -2.33. The minimum atomic E-state index is 0.773. The van der Waals surface area contributed by atoms with Gasteiger partial charge in [0.25, 0.3) is 0 Å². The van der Waals surface area contributed by atoms with Crippen LogP contribution in [0, 0.1) is 0 Å². The molecule has 1 aromatic rings. The second-order valence-corrected chi connectivity index (χ2v) is 6.86. The van der Waals surface area contributed by atoms with E-state index in [-0.39, 0.29) is 0 Å². The number of thiazole rings is 1. The summed E-state index contributed by atoms with van der Waals surface area (Å²) in [4.78, 5) is 9.85. The van der Waals surface area contributed by atoms with E-state index in [0.717, 1.165) is 19.0 Å². The number of rotatable bonds is 7. The van der Waals surface area contributed by atoms with E-state index < -0.39 is 0 Å². The Bertz CT molecular complexity index is 408.